The summed E-state index contributed by atoms with van der Waals surface area (Å²) in [5.41, 5.74) is 2.57. The molecular formula is C16H27NO2. The van der Waals surface area contributed by atoms with Crippen molar-refractivity contribution in [2.45, 2.75) is 33.9 Å². The maximum absolute atomic E-state index is 5.67. The third kappa shape index (κ3) is 7.31. The summed E-state index contributed by atoms with van der Waals surface area (Å²) in [5, 5.41) is 3.35. The molecular weight excluding hydrogens is 238 g/mol. The molecule has 108 valence electrons. The van der Waals surface area contributed by atoms with Gasteiger partial charge in [0.15, 0.2) is 0 Å². The van der Waals surface area contributed by atoms with Crippen LogP contribution in [0.25, 0.3) is 0 Å². The minimum absolute atomic E-state index is 0.584. The minimum Gasteiger partial charge on any atom is -0.379 e. The van der Waals surface area contributed by atoms with Crippen molar-refractivity contribution in [1.29, 1.82) is 0 Å². The Balaban J connectivity index is 2.24. The molecule has 0 aromatic heterocycles. The lowest BCUT2D eigenvalue weighted by atomic mass is 10.1. The van der Waals surface area contributed by atoms with E-state index in [2.05, 4.69) is 50.4 Å². The molecule has 0 aliphatic heterocycles. The van der Waals surface area contributed by atoms with Crippen LogP contribution in [0.3, 0.4) is 0 Å². The second-order valence-electron chi connectivity index (χ2n) is 5.07. The van der Waals surface area contributed by atoms with Crippen LogP contribution in [0.5, 0.6) is 0 Å². The Bertz CT molecular complexity index is 339. The minimum atomic E-state index is 0.584. The van der Waals surface area contributed by atoms with Gasteiger partial charge >= 0.3 is 0 Å². The van der Waals surface area contributed by atoms with Crippen molar-refractivity contribution in [3.8, 4) is 0 Å². The fraction of sp³-hybridized carbons (Fsp3) is 0.625. The predicted octanol–water partition coefficient (Wildman–Crippen LogP) is 2.99. The zero-order valence-electron chi connectivity index (χ0n) is 12.4. The van der Waals surface area contributed by atoms with Crippen molar-refractivity contribution in [2.75, 3.05) is 26.4 Å². The van der Waals surface area contributed by atoms with E-state index < -0.39 is 0 Å². The largest absolute Gasteiger partial charge is 0.379 e. The van der Waals surface area contributed by atoms with E-state index >= 15 is 0 Å². The monoisotopic (exact) mass is 265 g/mol. The van der Waals surface area contributed by atoms with Crippen LogP contribution in [0.2, 0.25) is 0 Å². The van der Waals surface area contributed by atoms with E-state index in [1.807, 2.05) is 0 Å². The summed E-state index contributed by atoms with van der Waals surface area (Å²) in [6.07, 6.45) is 0. The number of hydrogen-bond acceptors (Lipinski definition) is 3. The highest BCUT2D eigenvalue weighted by atomic mass is 16.5. The molecule has 0 fully saturated rings. The van der Waals surface area contributed by atoms with Crippen LogP contribution in [0.1, 0.15) is 31.9 Å². The fourth-order valence-electron chi connectivity index (χ4n) is 1.75. The molecule has 0 bridgehead atoms. The maximum Gasteiger partial charge on any atom is 0.0721 e. The first-order valence-electron chi connectivity index (χ1n) is 7.17. The van der Waals surface area contributed by atoms with Crippen molar-refractivity contribution in [3.63, 3.8) is 0 Å². The first-order chi connectivity index (χ1) is 9.24. The van der Waals surface area contributed by atoms with Gasteiger partial charge in [-0.3, -0.25) is 0 Å². The second-order valence-corrected chi connectivity index (χ2v) is 5.07. The van der Waals surface area contributed by atoms with Gasteiger partial charge in [-0.05, 0) is 23.6 Å². The lowest BCUT2D eigenvalue weighted by molar-refractivity contribution is 0.0312. The highest BCUT2D eigenvalue weighted by molar-refractivity contribution is 5.26. The average Bonchev–Trinajstić information content (AvgIpc) is 2.41. The van der Waals surface area contributed by atoms with Crippen LogP contribution in [-0.4, -0.2) is 26.4 Å². The van der Waals surface area contributed by atoms with E-state index in [0.29, 0.717) is 25.7 Å². The Morgan fingerprint density at radius 3 is 2.42 bits per heavy atom. The Labute approximate surface area is 117 Å². The van der Waals surface area contributed by atoms with Gasteiger partial charge in [-0.15, -0.1) is 0 Å². The maximum atomic E-state index is 5.67. The Morgan fingerprint density at radius 2 is 1.74 bits per heavy atom. The number of hydrogen-bond donors (Lipinski definition) is 1. The van der Waals surface area contributed by atoms with Crippen LogP contribution in [0.4, 0.5) is 0 Å². The smallest absolute Gasteiger partial charge is 0.0721 e. The van der Waals surface area contributed by atoms with Crippen LogP contribution in [-0.2, 0) is 22.6 Å². The van der Waals surface area contributed by atoms with Gasteiger partial charge in [0.25, 0.3) is 0 Å². The molecule has 0 atom stereocenters. The molecule has 0 unspecified atom stereocenters. The van der Waals surface area contributed by atoms with Gasteiger partial charge in [-0.1, -0.05) is 45.0 Å². The van der Waals surface area contributed by atoms with Gasteiger partial charge in [0, 0.05) is 13.2 Å². The molecule has 3 heteroatoms. The standard InChI is InChI=1S/C16H27NO2/c1-4-17-11-15-7-5-6-8-16(15)13-19-10-9-18-12-14(2)3/h5-8,14,17H,4,9-13H2,1-3H3. The summed E-state index contributed by atoms with van der Waals surface area (Å²) in [5.74, 6) is 0.584. The van der Waals surface area contributed by atoms with Crippen LogP contribution in [0, 0.1) is 5.92 Å². The van der Waals surface area contributed by atoms with E-state index in [1.165, 1.54) is 11.1 Å². The number of nitrogens with one attached hydrogen (secondary N) is 1. The fourth-order valence-corrected chi connectivity index (χ4v) is 1.75. The number of ether oxygens (including phenoxy) is 2. The van der Waals surface area contributed by atoms with Crippen molar-refractivity contribution < 1.29 is 9.47 Å². The van der Waals surface area contributed by atoms with Crippen molar-refractivity contribution in [2.24, 2.45) is 5.92 Å². The van der Waals surface area contributed by atoms with Crippen molar-refractivity contribution in [3.05, 3.63) is 35.4 Å². The molecule has 19 heavy (non-hydrogen) atoms. The molecule has 0 radical (unpaired) electrons. The van der Waals surface area contributed by atoms with Crippen LogP contribution < -0.4 is 5.32 Å². The second kappa shape index (κ2) is 9.96. The summed E-state index contributed by atoms with van der Waals surface area (Å²) in [6, 6.07) is 8.41. The normalized spacial score (nSPS) is 11.2. The van der Waals surface area contributed by atoms with E-state index in [4.69, 9.17) is 9.47 Å². The highest BCUT2D eigenvalue weighted by Gasteiger charge is 2.01. The number of rotatable bonds is 10. The molecule has 0 aliphatic rings. The topological polar surface area (TPSA) is 30.5 Å². The lowest BCUT2D eigenvalue weighted by Gasteiger charge is -2.11. The molecule has 1 rings (SSSR count). The van der Waals surface area contributed by atoms with Gasteiger partial charge in [0.05, 0.1) is 19.8 Å². The SMILES string of the molecule is CCNCc1ccccc1COCCOCC(C)C. The van der Waals surface area contributed by atoms with E-state index in [-0.39, 0.29) is 0 Å². The van der Waals surface area contributed by atoms with E-state index in [1.54, 1.807) is 0 Å². The van der Waals surface area contributed by atoms with E-state index in [0.717, 1.165) is 19.7 Å². The third-order valence-corrected chi connectivity index (χ3v) is 2.76. The quantitative estimate of drug-likeness (QED) is 0.660. The first-order valence-corrected chi connectivity index (χ1v) is 7.17. The van der Waals surface area contributed by atoms with Crippen molar-refractivity contribution >= 4 is 0 Å². The Kier molecular flexibility index (Phi) is 8.47. The molecule has 0 saturated carbocycles. The zero-order chi connectivity index (χ0) is 13.9. The summed E-state index contributed by atoms with van der Waals surface area (Å²) >= 11 is 0. The van der Waals surface area contributed by atoms with Crippen LogP contribution >= 0.6 is 0 Å². The predicted molar refractivity (Wildman–Crippen MR) is 79.1 cm³/mol. The molecule has 1 aromatic carbocycles. The molecule has 0 saturated heterocycles. The summed E-state index contributed by atoms with van der Waals surface area (Å²) in [7, 11) is 0. The number of benzene rings is 1. The molecule has 0 amide bonds. The summed E-state index contributed by atoms with van der Waals surface area (Å²) in [4.78, 5) is 0. The third-order valence-electron chi connectivity index (χ3n) is 2.76. The van der Waals surface area contributed by atoms with E-state index in [9.17, 15) is 0 Å². The molecule has 3 nitrogen and oxygen atoms in total. The Morgan fingerprint density at radius 1 is 1.05 bits per heavy atom. The Hall–Kier alpha value is -0.900. The summed E-state index contributed by atoms with van der Waals surface area (Å²) in [6.45, 7) is 11.1. The molecule has 1 aromatic rings. The van der Waals surface area contributed by atoms with Gasteiger partial charge in [-0.25, -0.2) is 0 Å². The summed E-state index contributed by atoms with van der Waals surface area (Å²) < 4.78 is 11.2. The molecule has 0 spiro atoms. The lowest BCUT2D eigenvalue weighted by Crippen LogP contribution is -2.14. The molecule has 0 heterocycles. The van der Waals surface area contributed by atoms with Crippen molar-refractivity contribution in [1.82, 2.24) is 5.32 Å². The first kappa shape index (κ1) is 16.2. The highest BCUT2D eigenvalue weighted by Crippen LogP contribution is 2.09. The molecule has 0 aliphatic carbocycles. The van der Waals surface area contributed by atoms with Crippen LogP contribution in [0.15, 0.2) is 24.3 Å². The average molecular weight is 265 g/mol. The van der Waals surface area contributed by atoms with Gasteiger partial charge in [0.1, 0.15) is 0 Å². The zero-order valence-corrected chi connectivity index (χ0v) is 12.4. The van der Waals surface area contributed by atoms with Gasteiger partial charge in [0.2, 0.25) is 0 Å². The van der Waals surface area contributed by atoms with Gasteiger partial charge < -0.3 is 14.8 Å². The van der Waals surface area contributed by atoms with Gasteiger partial charge in [-0.2, -0.15) is 0 Å². The molecule has 1 N–H and O–H groups in total.